The molecular formula is C19H22FN7O. The van der Waals surface area contributed by atoms with Gasteiger partial charge in [0.25, 0.3) is 5.91 Å². The molecule has 3 rings (SSSR count). The Morgan fingerprint density at radius 2 is 2.04 bits per heavy atom. The highest BCUT2D eigenvalue weighted by Crippen LogP contribution is 2.23. The van der Waals surface area contributed by atoms with Gasteiger partial charge in [-0.15, -0.1) is 0 Å². The van der Waals surface area contributed by atoms with Gasteiger partial charge >= 0.3 is 0 Å². The summed E-state index contributed by atoms with van der Waals surface area (Å²) < 4.78 is 14.7. The predicted octanol–water partition coefficient (Wildman–Crippen LogP) is 2.40. The van der Waals surface area contributed by atoms with E-state index in [2.05, 4.69) is 20.7 Å². The average molecular weight is 383 g/mol. The third kappa shape index (κ3) is 4.44. The van der Waals surface area contributed by atoms with Crippen LogP contribution in [-0.4, -0.2) is 33.3 Å². The van der Waals surface area contributed by atoms with Crippen LogP contribution in [0.4, 0.5) is 21.6 Å². The Labute approximate surface area is 161 Å². The fourth-order valence-electron chi connectivity index (χ4n) is 2.66. The van der Waals surface area contributed by atoms with Gasteiger partial charge in [0.1, 0.15) is 5.82 Å². The first-order valence-corrected chi connectivity index (χ1v) is 8.85. The highest BCUT2D eigenvalue weighted by Gasteiger charge is 2.14. The lowest BCUT2D eigenvalue weighted by atomic mass is 10.2. The van der Waals surface area contributed by atoms with E-state index in [0.717, 1.165) is 6.42 Å². The number of hydrogen-bond donors (Lipinski definition) is 4. The lowest BCUT2D eigenvalue weighted by Gasteiger charge is -2.17. The smallest absolute Gasteiger partial charge is 0.269 e. The zero-order chi connectivity index (χ0) is 20.1. The number of anilines is 3. The third-order valence-corrected chi connectivity index (χ3v) is 4.21. The van der Waals surface area contributed by atoms with Crippen LogP contribution in [0.15, 0.2) is 48.8 Å². The molecule has 1 aromatic carbocycles. The Balaban J connectivity index is 1.86. The summed E-state index contributed by atoms with van der Waals surface area (Å²) in [4.78, 5) is 15.9. The molecule has 2 aromatic heterocycles. The van der Waals surface area contributed by atoms with Gasteiger partial charge in [-0.3, -0.25) is 4.79 Å². The maximum Gasteiger partial charge on any atom is 0.269 e. The molecule has 2 heterocycles. The molecule has 8 nitrogen and oxygen atoms in total. The molecule has 0 saturated heterocycles. The van der Waals surface area contributed by atoms with Gasteiger partial charge in [-0.25, -0.2) is 14.1 Å². The summed E-state index contributed by atoms with van der Waals surface area (Å²) in [6.07, 6.45) is 4.11. The summed E-state index contributed by atoms with van der Waals surface area (Å²) in [5.41, 5.74) is 13.1. The van der Waals surface area contributed by atoms with E-state index >= 15 is 0 Å². The maximum absolute atomic E-state index is 13.1. The second-order valence-electron chi connectivity index (χ2n) is 6.22. The molecule has 6 N–H and O–H groups in total. The minimum atomic E-state index is -0.655. The van der Waals surface area contributed by atoms with Crippen molar-refractivity contribution in [1.82, 2.24) is 14.8 Å². The van der Waals surface area contributed by atoms with Gasteiger partial charge in [-0.05, 0) is 36.8 Å². The van der Waals surface area contributed by atoms with Crippen LogP contribution in [-0.2, 0) is 0 Å². The molecular weight excluding hydrogens is 361 g/mol. The van der Waals surface area contributed by atoms with Gasteiger partial charge in [0.15, 0.2) is 11.5 Å². The normalized spacial score (nSPS) is 11.8. The van der Waals surface area contributed by atoms with E-state index < -0.39 is 5.91 Å². The van der Waals surface area contributed by atoms with Crippen LogP contribution in [0, 0.1) is 5.82 Å². The van der Waals surface area contributed by atoms with Gasteiger partial charge < -0.3 is 22.1 Å². The largest absolute Gasteiger partial charge is 0.380 e. The lowest BCUT2D eigenvalue weighted by Crippen LogP contribution is -2.28. The van der Waals surface area contributed by atoms with Gasteiger partial charge in [0, 0.05) is 24.8 Å². The van der Waals surface area contributed by atoms with Crippen molar-refractivity contribution in [2.24, 2.45) is 11.5 Å². The molecule has 1 amide bonds. The Morgan fingerprint density at radius 1 is 1.29 bits per heavy atom. The van der Waals surface area contributed by atoms with Crippen molar-refractivity contribution in [1.29, 1.82) is 0 Å². The van der Waals surface area contributed by atoms with Crippen molar-refractivity contribution in [3.05, 3.63) is 60.3 Å². The minimum Gasteiger partial charge on any atom is -0.380 e. The van der Waals surface area contributed by atoms with E-state index in [1.807, 2.05) is 6.92 Å². The molecule has 9 heteroatoms. The number of rotatable bonds is 8. The number of hydrogen-bond acceptors (Lipinski definition) is 6. The molecule has 0 fully saturated rings. The molecule has 0 aliphatic carbocycles. The summed E-state index contributed by atoms with van der Waals surface area (Å²) in [7, 11) is 0. The number of carbonyl (C=O) groups is 1. The molecule has 3 aromatic rings. The number of benzene rings is 1. The number of nitrogens with two attached hydrogens (primary N) is 2. The minimum absolute atomic E-state index is 0.0896. The number of pyridine rings is 1. The van der Waals surface area contributed by atoms with Crippen LogP contribution in [0.1, 0.15) is 23.8 Å². The van der Waals surface area contributed by atoms with Crippen LogP contribution in [0.5, 0.6) is 0 Å². The fourth-order valence-corrected chi connectivity index (χ4v) is 2.66. The van der Waals surface area contributed by atoms with Gasteiger partial charge in [0.05, 0.1) is 23.3 Å². The summed E-state index contributed by atoms with van der Waals surface area (Å²) in [5.74, 6) is -0.492. The summed E-state index contributed by atoms with van der Waals surface area (Å²) in [5, 5.41) is 10.7. The van der Waals surface area contributed by atoms with E-state index in [4.69, 9.17) is 11.5 Å². The molecule has 1 atom stereocenters. The molecule has 0 saturated carbocycles. The average Bonchev–Trinajstić information content (AvgIpc) is 3.15. The van der Waals surface area contributed by atoms with Crippen LogP contribution in [0.25, 0.3) is 5.69 Å². The van der Waals surface area contributed by atoms with Crippen molar-refractivity contribution in [2.75, 3.05) is 17.2 Å². The zero-order valence-corrected chi connectivity index (χ0v) is 15.4. The first kappa shape index (κ1) is 19.3. The van der Waals surface area contributed by atoms with Crippen LogP contribution >= 0.6 is 0 Å². The maximum atomic E-state index is 13.1. The highest BCUT2D eigenvalue weighted by atomic mass is 19.1. The predicted molar refractivity (Wildman–Crippen MR) is 106 cm³/mol. The number of halogens is 1. The lowest BCUT2D eigenvalue weighted by molar-refractivity contribution is 0.0996. The molecule has 0 aliphatic rings. The topological polar surface area (TPSA) is 124 Å². The Morgan fingerprint density at radius 3 is 2.68 bits per heavy atom. The fraction of sp³-hybridized carbons (Fsp3) is 0.211. The summed E-state index contributed by atoms with van der Waals surface area (Å²) in [6.45, 7) is 2.50. The van der Waals surface area contributed by atoms with E-state index in [1.165, 1.54) is 12.1 Å². The molecule has 0 aliphatic heterocycles. The van der Waals surface area contributed by atoms with E-state index in [0.29, 0.717) is 29.4 Å². The second-order valence-corrected chi connectivity index (χ2v) is 6.22. The van der Waals surface area contributed by atoms with Crippen molar-refractivity contribution in [3.8, 4) is 5.69 Å². The summed E-state index contributed by atoms with van der Waals surface area (Å²) >= 11 is 0. The van der Waals surface area contributed by atoms with Crippen LogP contribution in [0.2, 0.25) is 0 Å². The first-order chi connectivity index (χ1) is 13.5. The monoisotopic (exact) mass is 383 g/mol. The quantitative estimate of drug-likeness (QED) is 0.473. The Hall–Kier alpha value is -3.46. The molecule has 0 bridgehead atoms. The number of aromatic nitrogens is 3. The van der Waals surface area contributed by atoms with Gasteiger partial charge in [-0.2, -0.15) is 5.10 Å². The van der Waals surface area contributed by atoms with E-state index in [1.54, 1.807) is 41.3 Å². The molecule has 0 radical (unpaired) electrons. The summed E-state index contributed by atoms with van der Waals surface area (Å²) in [6, 6.07) is 9.50. The van der Waals surface area contributed by atoms with Crippen molar-refractivity contribution < 1.29 is 9.18 Å². The molecule has 28 heavy (non-hydrogen) atoms. The Bertz CT molecular complexity index is 951. The van der Waals surface area contributed by atoms with Gasteiger partial charge in [0.2, 0.25) is 0 Å². The van der Waals surface area contributed by atoms with Crippen LogP contribution < -0.4 is 22.1 Å². The zero-order valence-electron chi connectivity index (χ0n) is 15.4. The van der Waals surface area contributed by atoms with Crippen LogP contribution in [0.3, 0.4) is 0 Å². The van der Waals surface area contributed by atoms with E-state index in [9.17, 15) is 9.18 Å². The standard InChI is InChI=1S/C19H22FN7O/c1-2-13(10-21)24-14-9-16(18(19(22)28)23-11-14)25-17-7-8-27(26-17)15-5-3-12(20)4-6-15/h3-9,11,13,24H,2,10,21H2,1H3,(H2,22,28)(H,25,26). The van der Waals surface area contributed by atoms with Crippen molar-refractivity contribution in [2.45, 2.75) is 19.4 Å². The van der Waals surface area contributed by atoms with Crippen molar-refractivity contribution in [3.63, 3.8) is 0 Å². The molecule has 0 spiro atoms. The number of primary amides is 1. The third-order valence-electron chi connectivity index (χ3n) is 4.21. The van der Waals surface area contributed by atoms with E-state index in [-0.39, 0.29) is 17.6 Å². The number of nitrogens with zero attached hydrogens (tertiary/aromatic N) is 3. The Kier molecular flexibility index (Phi) is 5.85. The highest BCUT2D eigenvalue weighted by molar-refractivity contribution is 5.97. The molecule has 146 valence electrons. The van der Waals surface area contributed by atoms with Crippen molar-refractivity contribution >= 4 is 23.1 Å². The van der Waals surface area contributed by atoms with Gasteiger partial charge in [-0.1, -0.05) is 6.92 Å². The first-order valence-electron chi connectivity index (χ1n) is 8.85. The number of nitrogens with one attached hydrogen (secondary N) is 2. The molecule has 1 unspecified atom stereocenters. The SMILES string of the molecule is CCC(CN)Nc1cnc(C(N)=O)c(Nc2ccn(-c3ccc(F)cc3)n2)c1. The number of amides is 1. The number of carbonyl (C=O) groups excluding carboxylic acids is 1. The second kappa shape index (κ2) is 8.49.